The lowest BCUT2D eigenvalue weighted by molar-refractivity contribution is -0.482. The summed E-state index contributed by atoms with van der Waals surface area (Å²) in [6, 6.07) is 0. The van der Waals surface area contributed by atoms with Crippen molar-refractivity contribution in [3.8, 4) is 11.5 Å². The molecular formula is C25HF35O2. The molecule has 0 spiro atoms. The van der Waals surface area contributed by atoms with Crippen molar-refractivity contribution in [2.75, 3.05) is 0 Å². The Morgan fingerprint density at radius 2 is 0.452 bits per heavy atom. The first kappa shape index (κ1) is 53.9. The summed E-state index contributed by atoms with van der Waals surface area (Å²) >= 11 is 0. The Morgan fingerprint density at radius 3 is 0.694 bits per heavy atom. The maximum Gasteiger partial charge on any atom is 0.460 e. The lowest BCUT2D eigenvalue weighted by Crippen LogP contribution is -2.79. The molecule has 2 aromatic carbocycles. The summed E-state index contributed by atoms with van der Waals surface area (Å²) in [5.41, 5.74) is -18.7. The summed E-state index contributed by atoms with van der Waals surface area (Å²) in [7, 11) is 0. The third-order valence-electron chi connectivity index (χ3n) is 7.68. The van der Waals surface area contributed by atoms with Crippen LogP contribution in [0.1, 0.15) is 11.1 Å². The molecule has 0 radical (unpaired) electrons. The first-order chi connectivity index (χ1) is 26.8. The Morgan fingerprint density at radius 1 is 0.258 bits per heavy atom. The Kier molecular flexibility index (Phi) is 12.5. The molecule has 0 amide bonds. The van der Waals surface area contributed by atoms with Gasteiger partial charge in [0.15, 0.2) is 23.3 Å². The van der Waals surface area contributed by atoms with E-state index in [-0.39, 0.29) is 0 Å². The zero-order chi connectivity index (χ0) is 50.1. The topological polar surface area (TPSA) is 29.5 Å². The molecule has 1 atom stereocenters. The highest BCUT2D eigenvalue weighted by molar-refractivity contribution is 5.45. The van der Waals surface area contributed by atoms with E-state index in [0.29, 0.717) is 0 Å². The summed E-state index contributed by atoms with van der Waals surface area (Å²) in [5.74, 6) is -130. The van der Waals surface area contributed by atoms with Crippen molar-refractivity contribution < 1.29 is 164 Å². The smallest absolute Gasteiger partial charge is 0.444 e. The minimum absolute atomic E-state index is 3.06. The van der Waals surface area contributed by atoms with E-state index < -0.39 is 147 Å². The van der Waals surface area contributed by atoms with Gasteiger partial charge in [0.2, 0.25) is 40.4 Å². The van der Waals surface area contributed by atoms with E-state index >= 15 is 17.6 Å². The Labute approximate surface area is 311 Å². The van der Waals surface area contributed by atoms with Gasteiger partial charge in [0.1, 0.15) is 5.56 Å². The minimum Gasteiger partial charge on any atom is -0.444 e. The van der Waals surface area contributed by atoms with Crippen LogP contribution in [0.4, 0.5) is 154 Å². The zero-order valence-corrected chi connectivity index (χ0v) is 26.6. The van der Waals surface area contributed by atoms with E-state index in [9.17, 15) is 141 Å². The molecule has 0 heterocycles. The van der Waals surface area contributed by atoms with Gasteiger partial charge in [-0.1, -0.05) is 0 Å². The molecule has 358 valence electrons. The van der Waals surface area contributed by atoms with Crippen molar-refractivity contribution in [2.24, 2.45) is 0 Å². The molecule has 2 aromatic rings. The van der Waals surface area contributed by atoms with Crippen LogP contribution in [0.15, 0.2) is 0 Å². The van der Waals surface area contributed by atoms with Crippen LogP contribution in [-0.2, 0) is 11.8 Å². The zero-order valence-electron chi connectivity index (χ0n) is 26.6. The van der Waals surface area contributed by atoms with Crippen molar-refractivity contribution in [1.82, 2.24) is 0 Å². The van der Waals surface area contributed by atoms with Gasteiger partial charge in [0.05, 0.1) is 5.56 Å². The maximum atomic E-state index is 15.2. The van der Waals surface area contributed by atoms with Crippen molar-refractivity contribution in [2.45, 2.75) is 77.4 Å². The van der Waals surface area contributed by atoms with Gasteiger partial charge in [0.25, 0.3) is 0 Å². The monoisotopic (exact) mass is 998 g/mol. The van der Waals surface area contributed by atoms with E-state index in [1.165, 1.54) is 0 Å². The predicted molar refractivity (Wildman–Crippen MR) is 118 cm³/mol. The molecule has 0 saturated heterocycles. The van der Waals surface area contributed by atoms with Gasteiger partial charge in [-0.05, 0) is 0 Å². The average Bonchev–Trinajstić information content (AvgIpc) is 3.07. The summed E-state index contributed by atoms with van der Waals surface area (Å²) in [4.78, 5) is 0. The lowest BCUT2D eigenvalue weighted by Gasteiger charge is -2.49. The number of ether oxygens (including phenoxy) is 1. The second-order valence-corrected chi connectivity index (χ2v) is 11.4. The molecule has 0 fully saturated rings. The largest absolute Gasteiger partial charge is 0.460 e. The maximum absolute atomic E-state index is 15.2. The van der Waals surface area contributed by atoms with Gasteiger partial charge in [-0.25, -0.2) is 17.6 Å². The molecule has 0 aliphatic rings. The van der Waals surface area contributed by atoms with E-state index in [2.05, 4.69) is 4.74 Å². The number of aliphatic hydroxyl groups is 1. The van der Waals surface area contributed by atoms with Crippen molar-refractivity contribution in [3.05, 3.63) is 57.7 Å². The molecule has 2 rings (SSSR count). The Balaban J connectivity index is 3.30. The van der Waals surface area contributed by atoms with Crippen LogP contribution < -0.4 is 4.74 Å². The Bertz CT molecular complexity index is 2010. The van der Waals surface area contributed by atoms with Crippen LogP contribution in [0.25, 0.3) is 0 Å². The number of benzene rings is 2. The molecule has 0 aliphatic heterocycles. The van der Waals surface area contributed by atoms with E-state index in [1.807, 2.05) is 0 Å². The number of alkyl halides is 27. The van der Waals surface area contributed by atoms with Crippen LogP contribution in [0.3, 0.4) is 0 Å². The molecule has 1 unspecified atom stereocenters. The van der Waals surface area contributed by atoms with Crippen molar-refractivity contribution in [3.63, 3.8) is 0 Å². The van der Waals surface area contributed by atoms with Crippen LogP contribution in [0.2, 0.25) is 0 Å². The molecule has 2 nitrogen and oxygen atoms in total. The molecule has 62 heavy (non-hydrogen) atoms. The van der Waals surface area contributed by atoms with Gasteiger partial charge < -0.3 is 9.84 Å². The number of halogens is 35. The molecule has 37 heteroatoms. The molecule has 0 bridgehead atoms. The number of hydrogen-bond acceptors (Lipinski definition) is 2. The highest BCUT2D eigenvalue weighted by Gasteiger charge is 2.99. The van der Waals surface area contributed by atoms with E-state index in [4.69, 9.17) is 0 Å². The van der Waals surface area contributed by atoms with Gasteiger partial charge in [-0.2, -0.15) is 136 Å². The molecule has 1 N–H and O–H groups in total. The predicted octanol–water partition coefficient (Wildman–Crippen LogP) is 12.6. The fourth-order valence-corrected chi connectivity index (χ4v) is 4.38. The van der Waals surface area contributed by atoms with Gasteiger partial charge in [-0.15, -0.1) is 0 Å². The van der Waals surface area contributed by atoms with Crippen LogP contribution in [0.5, 0.6) is 11.5 Å². The SMILES string of the molecule is OC(c1c(F)c(F)c(Oc2c(F)c(F)c(C(F)(F)F)c(F)c2F)c(F)c1F)(C(F)(F)C(F)(F)C(F)(F)F)C(F)(F)C(F)(F)C(F)(F)C(F)(F)C(F)(F)C(F)(F)C(F)(F)C(F)(F)F. The Hall–Kier alpha value is -4.25. The summed E-state index contributed by atoms with van der Waals surface area (Å²) < 4.78 is 489. The summed E-state index contributed by atoms with van der Waals surface area (Å²) in [5, 5.41) is 9.74. The van der Waals surface area contributed by atoms with Gasteiger partial charge in [-0.3, -0.25) is 0 Å². The second kappa shape index (κ2) is 14.4. The van der Waals surface area contributed by atoms with Crippen LogP contribution in [-0.4, -0.2) is 70.8 Å². The standard InChI is InChI=1S/C25HF35O2/c26-3-1(4(27)8(31)11(7(3)30)62-12-9(32)5(28)2(14(34,35)36)6(29)10(12)33)13(61,16(39,40)22(51,52)24(55,56)57)15(37,38)17(41,42)18(43,44)19(45,46)20(47,48)21(49,50)23(53,54)25(58,59)60/h61H. The second-order valence-electron chi connectivity index (χ2n) is 11.4. The fourth-order valence-electron chi connectivity index (χ4n) is 4.38. The quantitative estimate of drug-likeness (QED) is 0.170. The molecule has 0 aliphatic carbocycles. The number of rotatable bonds is 12. The third kappa shape index (κ3) is 6.63. The summed E-state index contributed by atoms with van der Waals surface area (Å²) in [6.07, 6.45) is -23.7. The highest BCUT2D eigenvalue weighted by Crippen LogP contribution is 2.69. The molecule has 0 saturated carbocycles. The molecule has 0 aromatic heterocycles. The lowest BCUT2D eigenvalue weighted by atomic mass is 9.73. The normalized spacial score (nSPS) is 16.2. The summed E-state index contributed by atoms with van der Waals surface area (Å²) in [6.45, 7) is 0. The molecular weight excluding hydrogens is 997 g/mol. The first-order valence-electron chi connectivity index (χ1n) is 13.5. The van der Waals surface area contributed by atoms with Gasteiger partial charge in [0, 0.05) is 0 Å². The third-order valence-corrected chi connectivity index (χ3v) is 7.68. The highest BCUT2D eigenvalue weighted by atomic mass is 19.4. The number of hydrogen-bond donors (Lipinski definition) is 1. The minimum atomic E-state index is -10.2. The van der Waals surface area contributed by atoms with E-state index in [1.54, 1.807) is 0 Å². The van der Waals surface area contributed by atoms with Crippen molar-refractivity contribution >= 4 is 0 Å². The van der Waals surface area contributed by atoms with Crippen molar-refractivity contribution in [1.29, 1.82) is 0 Å². The van der Waals surface area contributed by atoms with Crippen LogP contribution >= 0.6 is 0 Å². The van der Waals surface area contributed by atoms with Gasteiger partial charge >= 0.3 is 71.8 Å². The first-order valence-corrected chi connectivity index (χ1v) is 13.5. The van der Waals surface area contributed by atoms with Crippen LogP contribution in [0, 0.1) is 46.5 Å². The van der Waals surface area contributed by atoms with E-state index in [0.717, 1.165) is 0 Å². The average molecular weight is 998 g/mol. The fraction of sp³-hybridized carbons (Fsp3) is 0.520.